The Morgan fingerprint density at radius 3 is 2.58 bits per heavy atom. The van der Waals surface area contributed by atoms with Gasteiger partial charge in [0.25, 0.3) is 5.56 Å². The van der Waals surface area contributed by atoms with Crippen LogP contribution in [-0.4, -0.2) is 40.5 Å². The van der Waals surface area contributed by atoms with E-state index in [4.69, 9.17) is 9.72 Å². The van der Waals surface area contributed by atoms with Gasteiger partial charge in [0.05, 0.1) is 35.3 Å². The molecule has 0 aliphatic carbocycles. The van der Waals surface area contributed by atoms with Crippen LogP contribution < -0.4 is 16.2 Å². The van der Waals surface area contributed by atoms with Crippen LogP contribution in [0.15, 0.2) is 63.7 Å². The molecule has 4 rings (SSSR count). The number of fused-ring (bicyclic) bond motifs is 1. The fourth-order valence-corrected chi connectivity index (χ4v) is 4.76. The number of hydrogen-bond donors (Lipinski definition) is 2. The zero-order chi connectivity index (χ0) is 23.5. The van der Waals surface area contributed by atoms with Crippen LogP contribution in [0.2, 0.25) is 0 Å². The summed E-state index contributed by atoms with van der Waals surface area (Å²) in [7, 11) is 0. The minimum atomic E-state index is -0.487. The first kappa shape index (κ1) is 22.6. The number of aromatic nitrogens is 2. The standard InChI is InChI=1S/C24H24N4O4S/c1-4-32-22(30)17-12-25-23(31)26-19(17)13-33-24-27-18-11-6-5-10-16(18)21(29)28(24)20-14(2)8-7-9-15(20)3/h5-11H,4,12-13H2,1-3H3,(H2,25,26,31). The third-order valence-corrected chi connectivity index (χ3v) is 6.29. The molecule has 2 aromatic carbocycles. The predicted molar refractivity (Wildman–Crippen MR) is 128 cm³/mol. The molecule has 0 radical (unpaired) electrons. The van der Waals surface area contributed by atoms with Crippen LogP contribution in [0.3, 0.4) is 0 Å². The maximum Gasteiger partial charge on any atom is 0.337 e. The van der Waals surface area contributed by atoms with Crippen molar-refractivity contribution in [2.24, 2.45) is 0 Å². The summed E-state index contributed by atoms with van der Waals surface area (Å²) in [6.07, 6.45) is 0. The predicted octanol–water partition coefficient (Wildman–Crippen LogP) is 3.22. The van der Waals surface area contributed by atoms with E-state index in [0.29, 0.717) is 27.3 Å². The summed E-state index contributed by atoms with van der Waals surface area (Å²) in [5, 5.41) is 6.29. The first-order valence-corrected chi connectivity index (χ1v) is 11.5. The van der Waals surface area contributed by atoms with E-state index in [1.807, 2.05) is 44.2 Å². The number of amides is 2. The summed E-state index contributed by atoms with van der Waals surface area (Å²) >= 11 is 1.28. The number of hydrogen-bond acceptors (Lipinski definition) is 6. The van der Waals surface area contributed by atoms with Crippen molar-refractivity contribution in [3.63, 3.8) is 0 Å². The zero-order valence-corrected chi connectivity index (χ0v) is 19.4. The van der Waals surface area contributed by atoms with E-state index >= 15 is 0 Å². The Hall–Kier alpha value is -3.59. The topological polar surface area (TPSA) is 102 Å². The smallest absolute Gasteiger partial charge is 0.337 e. The second-order valence-electron chi connectivity index (χ2n) is 7.57. The average Bonchev–Trinajstić information content (AvgIpc) is 2.79. The Bertz CT molecular complexity index is 1330. The van der Waals surface area contributed by atoms with E-state index in [2.05, 4.69) is 10.6 Å². The number of thioether (sulfide) groups is 1. The molecule has 0 atom stereocenters. The van der Waals surface area contributed by atoms with E-state index in [1.54, 1.807) is 23.6 Å². The minimum absolute atomic E-state index is 0.0788. The van der Waals surface area contributed by atoms with Crippen molar-refractivity contribution >= 4 is 34.7 Å². The molecule has 2 heterocycles. The van der Waals surface area contributed by atoms with Crippen molar-refractivity contribution in [3.8, 4) is 5.69 Å². The van der Waals surface area contributed by atoms with Gasteiger partial charge in [0.1, 0.15) is 0 Å². The number of carbonyl (C=O) groups is 2. The van der Waals surface area contributed by atoms with Gasteiger partial charge in [-0.2, -0.15) is 0 Å². The molecule has 2 amide bonds. The highest BCUT2D eigenvalue weighted by atomic mass is 32.2. The van der Waals surface area contributed by atoms with E-state index in [0.717, 1.165) is 16.8 Å². The fourth-order valence-electron chi connectivity index (χ4n) is 3.77. The molecule has 0 saturated carbocycles. The summed E-state index contributed by atoms with van der Waals surface area (Å²) in [5.74, 6) is -0.253. The van der Waals surface area contributed by atoms with E-state index in [1.165, 1.54) is 11.8 Å². The number of ether oxygens (including phenoxy) is 1. The summed E-state index contributed by atoms with van der Waals surface area (Å²) in [6.45, 7) is 5.94. The number of para-hydroxylation sites is 2. The Balaban J connectivity index is 1.83. The highest BCUT2D eigenvalue weighted by molar-refractivity contribution is 7.99. The van der Waals surface area contributed by atoms with Crippen molar-refractivity contribution in [1.82, 2.24) is 20.2 Å². The quantitative estimate of drug-likeness (QED) is 0.330. The molecular weight excluding hydrogens is 440 g/mol. The summed E-state index contributed by atoms with van der Waals surface area (Å²) in [4.78, 5) is 42.6. The molecule has 0 saturated heterocycles. The Morgan fingerprint density at radius 1 is 1.12 bits per heavy atom. The first-order valence-electron chi connectivity index (χ1n) is 10.6. The Labute approximate surface area is 195 Å². The summed E-state index contributed by atoms with van der Waals surface area (Å²) < 4.78 is 6.75. The highest BCUT2D eigenvalue weighted by Gasteiger charge is 2.25. The van der Waals surface area contributed by atoms with Gasteiger partial charge in [-0.1, -0.05) is 42.1 Å². The first-order chi connectivity index (χ1) is 15.9. The molecular formula is C24H24N4O4S. The Kier molecular flexibility index (Phi) is 6.50. The number of carbonyl (C=O) groups excluding carboxylic acids is 2. The van der Waals surface area contributed by atoms with Gasteiger partial charge in [0.15, 0.2) is 5.16 Å². The van der Waals surface area contributed by atoms with Crippen molar-refractivity contribution in [1.29, 1.82) is 0 Å². The molecule has 1 aromatic heterocycles. The number of nitrogens with one attached hydrogen (secondary N) is 2. The van der Waals surface area contributed by atoms with Crippen LogP contribution in [0.1, 0.15) is 18.1 Å². The lowest BCUT2D eigenvalue weighted by atomic mass is 10.1. The maximum absolute atomic E-state index is 13.6. The minimum Gasteiger partial charge on any atom is -0.463 e. The average molecular weight is 465 g/mol. The SMILES string of the molecule is CCOC(=O)C1=C(CSc2nc3ccccc3c(=O)n2-c2c(C)cccc2C)NC(=O)NC1. The number of rotatable bonds is 6. The van der Waals surface area contributed by atoms with Crippen molar-refractivity contribution in [2.45, 2.75) is 25.9 Å². The maximum atomic E-state index is 13.6. The van der Waals surface area contributed by atoms with Crippen LogP contribution in [-0.2, 0) is 9.53 Å². The molecule has 0 fully saturated rings. The zero-order valence-electron chi connectivity index (χ0n) is 18.6. The summed E-state index contributed by atoms with van der Waals surface area (Å²) in [5.41, 5.74) is 3.87. The van der Waals surface area contributed by atoms with Crippen LogP contribution in [0.25, 0.3) is 16.6 Å². The van der Waals surface area contributed by atoms with Crippen LogP contribution in [0, 0.1) is 13.8 Å². The fraction of sp³-hybridized carbons (Fsp3) is 0.250. The lowest BCUT2D eigenvalue weighted by Crippen LogP contribution is -2.44. The molecule has 8 nitrogen and oxygen atoms in total. The molecule has 33 heavy (non-hydrogen) atoms. The number of urea groups is 1. The van der Waals surface area contributed by atoms with Gasteiger partial charge >= 0.3 is 12.0 Å². The highest BCUT2D eigenvalue weighted by Crippen LogP contribution is 2.27. The van der Waals surface area contributed by atoms with Gasteiger partial charge in [0.2, 0.25) is 0 Å². The molecule has 0 unspecified atom stereocenters. The third-order valence-electron chi connectivity index (χ3n) is 5.33. The lowest BCUT2D eigenvalue weighted by molar-refractivity contribution is -0.138. The largest absolute Gasteiger partial charge is 0.463 e. The molecule has 2 N–H and O–H groups in total. The molecule has 170 valence electrons. The van der Waals surface area contributed by atoms with Gasteiger partial charge in [-0.25, -0.2) is 14.6 Å². The van der Waals surface area contributed by atoms with Crippen LogP contribution >= 0.6 is 11.8 Å². The van der Waals surface area contributed by atoms with Crippen molar-refractivity contribution in [2.75, 3.05) is 18.9 Å². The normalized spacial score (nSPS) is 13.6. The Morgan fingerprint density at radius 2 is 1.85 bits per heavy atom. The molecule has 0 spiro atoms. The lowest BCUT2D eigenvalue weighted by Gasteiger charge is -2.22. The second kappa shape index (κ2) is 9.50. The number of benzene rings is 2. The van der Waals surface area contributed by atoms with Gasteiger partial charge in [-0.15, -0.1) is 0 Å². The van der Waals surface area contributed by atoms with Gasteiger partial charge < -0.3 is 15.4 Å². The van der Waals surface area contributed by atoms with Crippen LogP contribution in [0.4, 0.5) is 4.79 Å². The monoisotopic (exact) mass is 464 g/mol. The second-order valence-corrected chi connectivity index (χ2v) is 8.51. The van der Waals surface area contributed by atoms with Gasteiger partial charge in [-0.3, -0.25) is 9.36 Å². The van der Waals surface area contributed by atoms with Crippen molar-refractivity contribution in [3.05, 3.63) is 75.2 Å². The number of nitrogens with zero attached hydrogens (tertiary/aromatic N) is 2. The summed E-state index contributed by atoms with van der Waals surface area (Å²) in [6, 6.07) is 12.7. The molecule has 1 aliphatic rings. The van der Waals surface area contributed by atoms with E-state index < -0.39 is 12.0 Å². The van der Waals surface area contributed by atoms with E-state index in [9.17, 15) is 14.4 Å². The van der Waals surface area contributed by atoms with Gasteiger partial charge in [0, 0.05) is 11.4 Å². The van der Waals surface area contributed by atoms with Gasteiger partial charge in [-0.05, 0) is 44.0 Å². The van der Waals surface area contributed by atoms with Crippen molar-refractivity contribution < 1.29 is 14.3 Å². The number of aryl methyl sites for hydroxylation is 2. The van der Waals surface area contributed by atoms with E-state index in [-0.39, 0.29) is 24.5 Å². The number of esters is 1. The molecule has 3 aromatic rings. The molecule has 1 aliphatic heterocycles. The van der Waals surface area contributed by atoms with Crippen LogP contribution in [0.5, 0.6) is 0 Å². The molecule has 9 heteroatoms. The molecule has 0 bridgehead atoms. The third kappa shape index (κ3) is 4.49.